The summed E-state index contributed by atoms with van der Waals surface area (Å²) in [6.45, 7) is 4.34. The number of carboxylic acids is 1. The fourth-order valence-electron chi connectivity index (χ4n) is 1.84. The van der Waals surface area contributed by atoms with E-state index in [0.29, 0.717) is 19.4 Å². The molecule has 1 fully saturated rings. The van der Waals surface area contributed by atoms with Gasteiger partial charge in [-0.2, -0.15) is 0 Å². The topological polar surface area (TPSA) is 83.6 Å². The van der Waals surface area contributed by atoms with Gasteiger partial charge in [-0.1, -0.05) is 13.8 Å². The van der Waals surface area contributed by atoms with E-state index in [1.807, 2.05) is 13.8 Å². The van der Waals surface area contributed by atoms with Crippen LogP contribution >= 0.6 is 0 Å². The predicted octanol–water partition coefficient (Wildman–Crippen LogP) is 0.0453. The summed E-state index contributed by atoms with van der Waals surface area (Å²) in [5.41, 5.74) is 5.55. The van der Waals surface area contributed by atoms with E-state index >= 15 is 0 Å². The van der Waals surface area contributed by atoms with Crippen molar-refractivity contribution in [2.24, 2.45) is 11.7 Å². The summed E-state index contributed by atoms with van der Waals surface area (Å²) in [7, 11) is 0. The molecule has 1 rings (SSSR count). The molecule has 1 aliphatic heterocycles. The third-order valence-electron chi connectivity index (χ3n) is 2.64. The maximum atomic E-state index is 11.6. The number of aliphatic carboxylic acids is 1. The molecule has 1 aliphatic rings. The lowest BCUT2D eigenvalue weighted by atomic mass is 10.0. The van der Waals surface area contributed by atoms with Crippen molar-refractivity contribution in [1.82, 2.24) is 4.90 Å². The van der Waals surface area contributed by atoms with Crippen molar-refractivity contribution in [3.05, 3.63) is 0 Å². The molecule has 1 heterocycles. The Labute approximate surface area is 89.2 Å². The number of nitrogens with two attached hydrogens (primary N) is 1. The van der Waals surface area contributed by atoms with Crippen LogP contribution in [0.5, 0.6) is 0 Å². The molecule has 0 bridgehead atoms. The van der Waals surface area contributed by atoms with Crippen LogP contribution in [-0.2, 0) is 9.59 Å². The Morgan fingerprint density at radius 1 is 1.67 bits per heavy atom. The lowest BCUT2D eigenvalue weighted by molar-refractivity contribution is -0.149. The van der Waals surface area contributed by atoms with Gasteiger partial charge < -0.3 is 15.7 Å². The zero-order valence-electron chi connectivity index (χ0n) is 9.14. The Morgan fingerprint density at radius 3 is 2.60 bits per heavy atom. The van der Waals surface area contributed by atoms with Gasteiger partial charge in [0.2, 0.25) is 5.91 Å². The average Bonchev–Trinajstić information content (AvgIpc) is 2.44. The first-order valence-electron chi connectivity index (χ1n) is 5.22. The zero-order valence-corrected chi connectivity index (χ0v) is 9.14. The van der Waals surface area contributed by atoms with Crippen LogP contribution in [0.3, 0.4) is 0 Å². The normalized spacial score (nSPS) is 23.6. The van der Waals surface area contributed by atoms with Crippen LogP contribution in [-0.4, -0.2) is 40.5 Å². The number of carboxylic acid groups (broad SMARTS) is 1. The highest BCUT2D eigenvalue weighted by atomic mass is 16.4. The van der Waals surface area contributed by atoms with Crippen molar-refractivity contribution in [3.63, 3.8) is 0 Å². The number of rotatable bonds is 4. The monoisotopic (exact) mass is 214 g/mol. The van der Waals surface area contributed by atoms with E-state index in [0.717, 1.165) is 0 Å². The van der Waals surface area contributed by atoms with Gasteiger partial charge in [-0.05, 0) is 18.8 Å². The Kier molecular flexibility index (Phi) is 3.68. The van der Waals surface area contributed by atoms with Gasteiger partial charge in [0, 0.05) is 6.54 Å². The maximum Gasteiger partial charge on any atom is 0.326 e. The van der Waals surface area contributed by atoms with Gasteiger partial charge >= 0.3 is 5.97 Å². The molecule has 1 saturated heterocycles. The van der Waals surface area contributed by atoms with Crippen LogP contribution in [0.2, 0.25) is 0 Å². The fraction of sp³-hybridized carbons (Fsp3) is 0.800. The molecule has 0 saturated carbocycles. The number of hydrogen-bond donors (Lipinski definition) is 2. The number of nitrogens with zero attached hydrogens (tertiary/aromatic N) is 1. The Morgan fingerprint density at radius 2 is 2.27 bits per heavy atom. The Bertz CT molecular complexity index is 265. The Balaban J connectivity index is 2.72. The standard InChI is InChI=1S/C10H18N2O3/c1-6(2)5-8(10(14)15)12-4-3-7(11)9(12)13/h6-8H,3-5,11H2,1-2H3,(H,14,15)/t7-,8-/m1/s1. The molecule has 0 spiro atoms. The molecule has 0 aromatic heterocycles. The highest BCUT2D eigenvalue weighted by Gasteiger charge is 2.37. The Hall–Kier alpha value is -1.10. The number of hydrogen-bond acceptors (Lipinski definition) is 3. The van der Waals surface area contributed by atoms with Crippen molar-refractivity contribution in [2.45, 2.75) is 38.8 Å². The zero-order chi connectivity index (χ0) is 11.6. The molecule has 0 aliphatic carbocycles. The van der Waals surface area contributed by atoms with Gasteiger partial charge in [-0.3, -0.25) is 4.79 Å². The summed E-state index contributed by atoms with van der Waals surface area (Å²) in [6, 6.07) is -1.23. The average molecular weight is 214 g/mol. The van der Waals surface area contributed by atoms with Gasteiger partial charge in [0.1, 0.15) is 6.04 Å². The molecule has 0 aromatic rings. The van der Waals surface area contributed by atoms with E-state index in [9.17, 15) is 9.59 Å². The highest BCUT2D eigenvalue weighted by molar-refractivity contribution is 5.88. The lowest BCUT2D eigenvalue weighted by Crippen LogP contribution is -2.45. The second-order valence-corrected chi connectivity index (χ2v) is 4.41. The van der Waals surface area contributed by atoms with Crippen molar-refractivity contribution in [3.8, 4) is 0 Å². The summed E-state index contributed by atoms with van der Waals surface area (Å²) in [5, 5.41) is 9.05. The van der Waals surface area contributed by atoms with Gasteiger partial charge in [0.25, 0.3) is 0 Å². The van der Waals surface area contributed by atoms with E-state index in [-0.39, 0.29) is 11.8 Å². The summed E-state index contributed by atoms with van der Waals surface area (Å²) in [4.78, 5) is 24.0. The molecule has 0 unspecified atom stereocenters. The lowest BCUT2D eigenvalue weighted by Gasteiger charge is -2.25. The van der Waals surface area contributed by atoms with E-state index in [2.05, 4.69) is 0 Å². The van der Waals surface area contributed by atoms with Crippen LogP contribution in [0, 0.1) is 5.92 Å². The van der Waals surface area contributed by atoms with E-state index in [1.165, 1.54) is 4.90 Å². The van der Waals surface area contributed by atoms with E-state index < -0.39 is 18.1 Å². The van der Waals surface area contributed by atoms with Crippen LogP contribution in [0.15, 0.2) is 0 Å². The summed E-state index contributed by atoms with van der Waals surface area (Å²) < 4.78 is 0. The fourth-order valence-corrected chi connectivity index (χ4v) is 1.84. The number of carbonyl (C=O) groups excluding carboxylic acids is 1. The third-order valence-corrected chi connectivity index (χ3v) is 2.64. The molecule has 0 aromatic carbocycles. The largest absolute Gasteiger partial charge is 0.480 e. The quantitative estimate of drug-likeness (QED) is 0.692. The van der Waals surface area contributed by atoms with E-state index in [4.69, 9.17) is 10.8 Å². The molecule has 86 valence electrons. The van der Waals surface area contributed by atoms with Crippen molar-refractivity contribution >= 4 is 11.9 Å². The second-order valence-electron chi connectivity index (χ2n) is 4.41. The van der Waals surface area contributed by atoms with Crippen LogP contribution in [0.4, 0.5) is 0 Å². The number of carbonyl (C=O) groups is 2. The molecule has 3 N–H and O–H groups in total. The number of likely N-dealkylation sites (tertiary alicyclic amines) is 1. The predicted molar refractivity (Wildman–Crippen MR) is 55.2 cm³/mol. The van der Waals surface area contributed by atoms with Crippen LogP contribution in [0.25, 0.3) is 0 Å². The molecular weight excluding hydrogens is 196 g/mol. The maximum absolute atomic E-state index is 11.6. The molecular formula is C10H18N2O3. The van der Waals surface area contributed by atoms with Crippen molar-refractivity contribution in [2.75, 3.05) is 6.54 Å². The van der Waals surface area contributed by atoms with Gasteiger partial charge in [-0.15, -0.1) is 0 Å². The molecule has 0 radical (unpaired) electrons. The van der Waals surface area contributed by atoms with Crippen molar-refractivity contribution in [1.29, 1.82) is 0 Å². The van der Waals surface area contributed by atoms with Gasteiger partial charge in [0.05, 0.1) is 6.04 Å². The first kappa shape index (κ1) is 12.0. The molecule has 1 amide bonds. The second kappa shape index (κ2) is 4.61. The molecule has 5 nitrogen and oxygen atoms in total. The first-order valence-corrected chi connectivity index (χ1v) is 5.22. The van der Waals surface area contributed by atoms with E-state index in [1.54, 1.807) is 0 Å². The number of amides is 1. The third kappa shape index (κ3) is 2.68. The molecule has 15 heavy (non-hydrogen) atoms. The minimum atomic E-state index is -0.939. The first-order chi connectivity index (χ1) is 6.93. The summed E-state index contributed by atoms with van der Waals surface area (Å²) in [6.07, 6.45) is 1.04. The van der Waals surface area contributed by atoms with Crippen LogP contribution in [0.1, 0.15) is 26.7 Å². The summed E-state index contributed by atoms with van der Waals surface area (Å²) in [5.74, 6) is -0.926. The summed E-state index contributed by atoms with van der Waals surface area (Å²) >= 11 is 0. The van der Waals surface area contributed by atoms with Gasteiger partial charge in [-0.25, -0.2) is 4.79 Å². The SMILES string of the molecule is CC(C)C[C@H](C(=O)O)N1CC[C@@H](N)C1=O. The molecule has 5 heteroatoms. The highest BCUT2D eigenvalue weighted by Crippen LogP contribution is 2.18. The minimum absolute atomic E-state index is 0.233. The molecule has 2 atom stereocenters. The van der Waals surface area contributed by atoms with Crippen LogP contribution < -0.4 is 5.73 Å². The van der Waals surface area contributed by atoms with Crippen molar-refractivity contribution < 1.29 is 14.7 Å². The van der Waals surface area contributed by atoms with Gasteiger partial charge in [0.15, 0.2) is 0 Å². The smallest absolute Gasteiger partial charge is 0.326 e. The minimum Gasteiger partial charge on any atom is -0.480 e.